The molecule has 104 valence electrons. The van der Waals surface area contributed by atoms with E-state index in [4.69, 9.17) is 5.73 Å². The summed E-state index contributed by atoms with van der Waals surface area (Å²) < 4.78 is 30.6. The molecule has 0 radical (unpaired) electrons. The number of benzene rings is 2. The number of nitrogens with one attached hydrogen (secondary N) is 1. The van der Waals surface area contributed by atoms with Crippen molar-refractivity contribution >= 4 is 23.0 Å². The third kappa shape index (κ3) is 2.85. The lowest BCUT2D eigenvalue weighted by atomic mass is 10.1. The maximum atomic E-state index is 13.1. The largest absolute Gasteiger partial charge is 0.465 e. The van der Waals surface area contributed by atoms with Gasteiger partial charge in [-0.3, -0.25) is 0 Å². The zero-order valence-electron chi connectivity index (χ0n) is 10.6. The number of rotatable bonds is 3. The molecule has 0 amide bonds. The minimum atomic E-state index is -0.974. The Hall–Kier alpha value is -2.63. The molecule has 0 aliphatic rings. The van der Waals surface area contributed by atoms with Crippen molar-refractivity contribution in [3.05, 3.63) is 53.6 Å². The van der Waals surface area contributed by atoms with Crippen LogP contribution in [0.15, 0.2) is 36.4 Å². The summed E-state index contributed by atoms with van der Waals surface area (Å²) in [6.45, 7) is 0. The van der Waals surface area contributed by atoms with E-state index in [1.807, 2.05) is 0 Å². The standard InChI is InChI=1S/C14H12F2N2O2/c1-20-14(19)8-2-5-12(17)13(6-8)18-9-3-4-10(15)11(16)7-9/h2-7,18H,17H2,1H3. The first kappa shape index (κ1) is 13.8. The van der Waals surface area contributed by atoms with Crippen molar-refractivity contribution in [2.45, 2.75) is 0 Å². The molecule has 0 aromatic heterocycles. The van der Waals surface area contributed by atoms with Crippen LogP contribution < -0.4 is 11.1 Å². The average Bonchev–Trinajstić information content (AvgIpc) is 2.44. The van der Waals surface area contributed by atoms with Gasteiger partial charge in [0.15, 0.2) is 11.6 Å². The number of esters is 1. The van der Waals surface area contributed by atoms with Crippen molar-refractivity contribution < 1.29 is 18.3 Å². The van der Waals surface area contributed by atoms with Gasteiger partial charge < -0.3 is 15.8 Å². The fourth-order valence-corrected chi connectivity index (χ4v) is 1.64. The Labute approximate surface area is 114 Å². The quantitative estimate of drug-likeness (QED) is 0.669. The molecule has 0 unspecified atom stereocenters. The second-order valence-electron chi connectivity index (χ2n) is 4.05. The molecule has 20 heavy (non-hydrogen) atoms. The van der Waals surface area contributed by atoms with Crippen molar-refractivity contribution in [3.8, 4) is 0 Å². The molecule has 6 heteroatoms. The first-order valence-electron chi connectivity index (χ1n) is 5.71. The van der Waals surface area contributed by atoms with Gasteiger partial charge >= 0.3 is 5.97 Å². The minimum absolute atomic E-state index is 0.298. The Bertz CT molecular complexity index is 660. The summed E-state index contributed by atoms with van der Waals surface area (Å²) in [7, 11) is 1.27. The highest BCUT2D eigenvalue weighted by molar-refractivity contribution is 5.92. The van der Waals surface area contributed by atoms with Crippen LogP contribution in [0.25, 0.3) is 0 Å². The number of carbonyl (C=O) groups excluding carboxylic acids is 1. The Balaban J connectivity index is 2.32. The molecule has 3 N–H and O–H groups in total. The first-order chi connectivity index (χ1) is 9.51. The van der Waals surface area contributed by atoms with Crippen molar-refractivity contribution in [2.24, 2.45) is 0 Å². The molecule has 0 aliphatic carbocycles. The van der Waals surface area contributed by atoms with Crippen molar-refractivity contribution in [2.75, 3.05) is 18.2 Å². The Kier molecular flexibility index (Phi) is 3.84. The Morgan fingerprint density at radius 1 is 1.15 bits per heavy atom. The van der Waals surface area contributed by atoms with E-state index in [1.165, 1.54) is 31.4 Å². The number of anilines is 3. The van der Waals surface area contributed by atoms with Gasteiger partial charge in [-0.25, -0.2) is 13.6 Å². The third-order valence-electron chi connectivity index (χ3n) is 2.67. The highest BCUT2D eigenvalue weighted by Gasteiger charge is 2.09. The summed E-state index contributed by atoms with van der Waals surface area (Å²) in [5.41, 5.74) is 7.14. The average molecular weight is 278 g/mol. The zero-order chi connectivity index (χ0) is 14.7. The molecule has 4 nitrogen and oxygen atoms in total. The molecule has 0 atom stereocenters. The number of hydrogen-bond acceptors (Lipinski definition) is 4. The lowest BCUT2D eigenvalue weighted by Crippen LogP contribution is -2.04. The van der Waals surface area contributed by atoms with Crippen molar-refractivity contribution in [3.63, 3.8) is 0 Å². The SMILES string of the molecule is COC(=O)c1ccc(N)c(Nc2ccc(F)c(F)c2)c1. The maximum Gasteiger partial charge on any atom is 0.337 e. The van der Waals surface area contributed by atoms with Gasteiger partial charge in [-0.05, 0) is 30.3 Å². The fraction of sp³-hybridized carbons (Fsp3) is 0.0714. The lowest BCUT2D eigenvalue weighted by Gasteiger charge is -2.11. The molecule has 0 aliphatic heterocycles. The molecule has 0 bridgehead atoms. The molecule has 0 saturated carbocycles. The molecule has 0 fully saturated rings. The smallest absolute Gasteiger partial charge is 0.337 e. The highest BCUT2D eigenvalue weighted by atomic mass is 19.2. The summed E-state index contributed by atoms with van der Waals surface area (Å²) >= 11 is 0. The first-order valence-corrected chi connectivity index (χ1v) is 5.71. The number of hydrogen-bond donors (Lipinski definition) is 2. The van der Waals surface area contributed by atoms with Gasteiger partial charge in [0.1, 0.15) is 0 Å². The summed E-state index contributed by atoms with van der Waals surface area (Å²) in [5.74, 6) is -2.43. The van der Waals surface area contributed by atoms with Crippen molar-refractivity contribution in [1.29, 1.82) is 0 Å². The summed E-state index contributed by atoms with van der Waals surface area (Å²) in [5, 5.41) is 2.82. The predicted molar refractivity (Wildman–Crippen MR) is 71.8 cm³/mol. The van der Waals surface area contributed by atoms with Crippen LogP contribution in [0.3, 0.4) is 0 Å². The molecule has 0 saturated heterocycles. The van der Waals surface area contributed by atoms with E-state index in [0.29, 0.717) is 22.6 Å². The number of nitrogens with two attached hydrogens (primary N) is 1. The van der Waals surface area contributed by atoms with Gasteiger partial charge in [-0.15, -0.1) is 0 Å². The van der Waals surface area contributed by atoms with Crippen LogP contribution in [0.1, 0.15) is 10.4 Å². The van der Waals surface area contributed by atoms with E-state index in [0.717, 1.165) is 12.1 Å². The fourth-order valence-electron chi connectivity index (χ4n) is 1.64. The molecular formula is C14H12F2N2O2. The molecule has 0 spiro atoms. The lowest BCUT2D eigenvalue weighted by molar-refractivity contribution is 0.0601. The van der Waals surface area contributed by atoms with Crippen LogP contribution in [0.4, 0.5) is 25.8 Å². The van der Waals surface area contributed by atoms with E-state index >= 15 is 0 Å². The minimum Gasteiger partial charge on any atom is -0.465 e. The second kappa shape index (κ2) is 5.56. The summed E-state index contributed by atoms with van der Waals surface area (Å²) in [4.78, 5) is 11.4. The monoisotopic (exact) mass is 278 g/mol. The van der Waals surface area contributed by atoms with E-state index < -0.39 is 17.6 Å². The van der Waals surface area contributed by atoms with Crippen molar-refractivity contribution in [1.82, 2.24) is 0 Å². The number of ether oxygens (including phenoxy) is 1. The maximum absolute atomic E-state index is 13.1. The number of methoxy groups -OCH3 is 1. The third-order valence-corrected chi connectivity index (χ3v) is 2.67. The number of halogens is 2. The molecular weight excluding hydrogens is 266 g/mol. The normalized spacial score (nSPS) is 10.2. The van der Waals surface area contributed by atoms with E-state index in [2.05, 4.69) is 10.1 Å². The Morgan fingerprint density at radius 2 is 1.90 bits per heavy atom. The predicted octanol–water partition coefficient (Wildman–Crippen LogP) is 3.08. The van der Waals surface area contributed by atoms with Gasteiger partial charge in [-0.1, -0.05) is 0 Å². The summed E-state index contributed by atoms with van der Waals surface area (Å²) in [6, 6.07) is 7.87. The number of nitrogen functional groups attached to an aromatic ring is 1. The van der Waals surface area contributed by atoms with E-state index in [9.17, 15) is 13.6 Å². The molecule has 0 heterocycles. The van der Waals surface area contributed by atoms with Gasteiger partial charge in [0.05, 0.1) is 24.0 Å². The van der Waals surface area contributed by atoms with E-state index in [-0.39, 0.29) is 0 Å². The Morgan fingerprint density at radius 3 is 2.55 bits per heavy atom. The van der Waals surface area contributed by atoms with Gasteiger partial charge in [0, 0.05) is 11.8 Å². The molecule has 2 rings (SSSR count). The van der Waals surface area contributed by atoms with Gasteiger partial charge in [-0.2, -0.15) is 0 Å². The molecule has 2 aromatic carbocycles. The topological polar surface area (TPSA) is 64.3 Å². The molecule has 2 aromatic rings. The van der Waals surface area contributed by atoms with Crippen LogP contribution in [0.2, 0.25) is 0 Å². The second-order valence-corrected chi connectivity index (χ2v) is 4.05. The van der Waals surface area contributed by atoms with Crippen LogP contribution in [-0.4, -0.2) is 13.1 Å². The summed E-state index contributed by atoms with van der Waals surface area (Å²) in [6.07, 6.45) is 0. The highest BCUT2D eigenvalue weighted by Crippen LogP contribution is 2.25. The van der Waals surface area contributed by atoms with Gasteiger partial charge in [0.2, 0.25) is 0 Å². The van der Waals surface area contributed by atoms with E-state index in [1.54, 1.807) is 0 Å². The van der Waals surface area contributed by atoms with Crippen LogP contribution in [0.5, 0.6) is 0 Å². The van der Waals surface area contributed by atoms with Gasteiger partial charge in [0.25, 0.3) is 0 Å². The zero-order valence-corrected chi connectivity index (χ0v) is 10.6. The van der Waals surface area contributed by atoms with Crippen LogP contribution in [0, 0.1) is 11.6 Å². The van der Waals surface area contributed by atoms with Crippen LogP contribution in [-0.2, 0) is 4.74 Å². The van der Waals surface area contributed by atoms with Crippen LogP contribution >= 0.6 is 0 Å². The number of carbonyl (C=O) groups is 1.